The molecule has 4 nitrogen and oxygen atoms in total. The summed E-state index contributed by atoms with van der Waals surface area (Å²) in [7, 11) is 1.44. The molecule has 0 aromatic heterocycles. The third kappa shape index (κ3) is 4.99. The van der Waals surface area contributed by atoms with E-state index in [2.05, 4.69) is 6.58 Å². The van der Waals surface area contributed by atoms with E-state index in [4.69, 9.17) is 5.11 Å². The van der Waals surface area contributed by atoms with E-state index in [1.807, 2.05) is 18.2 Å². The van der Waals surface area contributed by atoms with Crippen molar-refractivity contribution in [2.24, 2.45) is 0 Å². The van der Waals surface area contributed by atoms with Gasteiger partial charge in [0.2, 0.25) is 5.91 Å². The van der Waals surface area contributed by atoms with Gasteiger partial charge in [-0.3, -0.25) is 9.59 Å². The Kier molecular flexibility index (Phi) is 6.67. The Labute approximate surface area is 183 Å². The van der Waals surface area contributed by atoms with Crippen LogP contribution >= 0.6 is 0 Å². The Morgan fingerprint density at radius 3 is 2.16 bits per heavy atom. The highest BCUT2D eigenvalue weighted by Gasteiger charge is 2.34. The molecule has 0 spiro atoms. The average Bonchev–Trinajstić information content (AvgIpc) is 2.76. The molecular formula is C25H22F3NO3. The summed E-state index contributed by atoms with van der Waals surface area (Å²) in [5.41, 5.74) is 0.538. The second-order valence-electron chi connectivity index (χ2n) is 7.45. The quantitative estimate of drug-likeness (QED) is 0.516. The largest absolute Gasteiger partial charge is 0.481 e. The molecule has 1 amide bonds. The van der Waals surface area contributed by atoms with Gasteiger partial charge in [-0.25, -0.2) is 0 Å². The number of nitrogens with zero attached hydrogens (tertiary/aromatic N) is 1. The fourth-order valence-corrected chi connectivity index (χ4v) is 3.64. The number of carbonyl (C=O) groups is 2. The fraction of sp³-hybridized carbons (Fsp3) is 0.200. The number of hydrogen-bond acceptors (Lipinski definition) is 2. The summed E-state index contributed by atoms with van der Waals surface area (Å²) in [5.74, 6) is -1.27. The van der Waals surface area contributed by atoms with Crippen LogP contribution in [-0.2, 0) is 22.4 Å². The molecule has 166 valence electrons. The van der Waals surface area contributed by atoms with Gasteiger partial charge in [0.05, 0.1) is 17.7 Å². The molecule has 0 fully saturated rings. The predicted molar refractivity (Wildman–Crippen MR) is 119 cm³/mol. The Balaban J connectivity index is 1.91. The first-order valence-corrected chi connectivity index (χ1v) is 9.93. The standard InChI is InChI=1S/C25H22F3NO3/c1-16(25(26,27)28)19-9-3-4-12-22(19)29(2)23(30)15-18-8-6-10-20-17(13-14-24(31)32)7-5-11-21(18)20/h3-12H,1,13-15H2,2H3,(H,31,32). The van der Waals surface area contributed by atoms with Gasteiger partial charge in [0.1, 0.15) is 0 Å². The molecule has 3 aromatic rings. The van der Waals surface area contributed by atoms with Crippen molar-refractivity contribution in [3.05, 3.63) is 83.9 Å². The molecule has 32 heavy (non-hydrogen) atoms. The van der Waals surface area contributed by atoms with Crippen LogP contribution in [0, 0.1) is 0 Å². The lowest BCUT2D eigenvalue weighted by atomic mass is 9.96. The summed E-state index contributed by atoms with van der Waals surface area (Å²) < 4.78 is 39.6. The van der Waals surface area contributed by atoms with Crippen molar-refractivity contribution in [1.29, 1.82) is 0 Å². The van der Waals surface area contributed by atoms with Crippen molar-refractivity contribution in [1.82, 2.24) is 0 Å². The number of amides is 1. The number of para-hydroxylation sites is 1. The molecule has 0 saturated heterocycles. The molecular weight excluding hydrogens is 419 g/mol. The van der Waals surface area contributed by atoms with Crippen LogP contribution in [0.15, 0.2) is 67.2 Å². The van der Waals surface area contributed by atoms with Gasteiger partial charge in [-0.15, -0.1) is 0 Å². The summed E-state index contributed by atoms with van der Waals surface area (Å²) in [6, 6.07) is 16.7. The maximum absolute atomic E-state index is 13.2. The highest BCUT2D eigenvalue weighted by Crippen LogP contribution is 2.37. The SMILES string of the molecule is C=C(c1ccccc1N(C)C(=O)Cc1cccc2c(CCC(=O)O)cccc12)C(F)(F)F. The van der Waals surface area contributed by atoms with Gasteiger partial charge in [-0.05, 0) is 34.4 Å². The van der Waals surface area contributed by atoms with Crippen LogP contribution < -0.4 is 4.90 Å². The minimum absolute atomic E-state index is 0.00904. The molecule has 0 aliphatic rings. The van der Waals surface area contributed by atoms with E-state index in [-0.39, 0.29) is 30.0 Å². The maximum Gasteiger partial charge on any atom is 0.416 e. The van der Waals surface area contributed by atoms with Crippen LogP contribution in [0.2, 0.25) is 0 Å². The molecule has 0 radical (unpaired) electrons. The molecule has 3 rings (SSSR count). The monoisotopic (exact) mass is 441 g/mol. The van der Waals surface area contributed by atoms with Crippen molar-refractivity contribution in [3.63, 3.8) is 0 Å². The van der Waals surface area contributed by atoms with Gasteiger partial charge >= 0.3 is 12.1 Å². The third-order valence-electron chi connectivity index (χ3n) is 5.36. The Morgan fingerprint density at radius 2 is 1.53 bits per heavy atom. The average molecular weight is 441 g/mol. The first-order chi connectivity index (χ1) is 15.1. The number of aryl methyl sites for hydroxylation is 1. The van der Waals surface area contributed by atoms with Crippen LogP contribution in [0.1, 0.15) is 23.1 Å². The van der Waals surface area contributed by atoms with Gasteiger partial charge in [0.25, 0.3) is 0 Å². The zero-order valence-corrected chi connectivity index (χ0v) is 17.4. The number of allylic oxidation sites excluding steroid dienone is 1. The maximum atomic E-state index is 13.2. The van der Waals surface area contributed by atoms with Crippen molar-refractivity contribution in [2.45, 2.75) is 25.4 Å². The van der Waals surface area contributed by atoms with E-state index in [0.717, 1.165) is 16.3 Å². The topological polar surface area (TPSA) is 57.6 Å². The molecule has 0 bridgehead atoms. The molecule has 1 N–H and O–H groups in total. The number of benzene rings is 3. The van der Waals surface area contributed by atoms with E-state index < -0.39 is 17.7 Å². The fourth-order valence-electron chi connectivity index (χ4n) is 3.64. The molecule has 0 unspecified atom stereocenters. The molecule has 7 heteroatoms. The highest BCUT2D eigenvalue weighted by atomic mass is 19.4. The number of likely N-dealkylation sites (N-methyl/N-ethyl adjacent to an activating group) is 1. The number of alkyl halides is 3. The van der Waals surface area contributed by atoms with E-state index >= 15 is 0 Å². The summed E-state index contributed by atoms with van der Waals surface area (Å²) in [6.45, 7) is 3.16. The molecule has 0 heterocycles. The third-order valence-corrected chi connectivity index (χ3v) is 5.36. The Bertz CT molecular complexity index is 1180. The Morgan fingerprint density at radius 1 is 0.938 bits per heavy atom. The minimum atomic E-state index is -4.61. The minimum Gasteiger partial charge on any atom is -0.481 e. The zero-order chi connectivity index (χ0) is 23.5. The zero-order valence-electron chi connectivity index (χ0n) is 17.4. The van der Waals surface area contributed by atoms with Crippen molar-refractivity contribution >= 4 is 33.9 Å². The van der Waals surface area contributed by atoms with Gasteiger partial charge in [-0.1, -0.05) is 61.2 Å². The molecule has 0 aliphatic heterocycles. The summed E-state index contributed by atoms with van der Waals surface area (Å²) in [4.78, 5) is 25.2. The van der Waals surface area contributed by atoms with Crippen LogP contribution in [-0.4, -0.2) is 30.2 Å². The van der Waals surface area contributed by atoms with Gasteiger partial charge < -0.3 is 10.0 Å². The van der Waals surface area contributed by atoms with Crippen molar-refractivity contribution in [2.75, 3.05) is 11.9 Å². The lowest BCUT2D eigenvalue weighted by Gasteiger charge is -2.23. The first kappa shape index (κ1) is 23.1. The van der Waals surface area contributed by atoms with Crippen molar-refractivity contribution < 1.29 is 27.9 Å². The summed E-state index contributed by atoms with van der Waals surface area (Å²) >= 11 is 0. The number of carboxylic acid groups (broad SMARTS) is 1. The number of fused-ring (bicyclic) bond motifs is 1. The number of hydrogen-bond donors (Lipinski definition) is 1. The molecule has 0 atom stereocenters. The van der Waals surface area contributed by atoms with Gasteiger partial charge in [0, 0.05) is 19.0 Å². The Hall–Kier alpha value is -3.61. The van der Waals surface area contributed by atoms with Crippen LogP contribution in [0.4, 0.5) is 18.9 Å². The number of rotatable bonds is 7. The van der Waals surface area contributed by atoms with E-state index in [0.29, 0.717) is 12.0 Å². The molecule has 3 aromatic carbocycles. The number of carbonyl (C=O) groups excluding carboxylic acids is 1. The number of halogens is 3. The summed E-state index contributed by atoms with van der Waals surface area (Å²) in [6.07, 6.45) is -4.28. The van der Waals surface area contributed by atoms with E-state index in [9.17, 15) is 22.8 Å². The molecule has 0 saturated carbocycles. The van der Waals surface area contributed by atoms with Crippen LogP contribution in [0.25, 0.3) is 16.3 Å². The van der Waals surface area contributed by atoms with E-state index in [1.165, 1.54) is 30.1 Å². The second-order valence-corrected chi connectivity index (χ2v) is 7.45. The number of anilines is 1. The smallest absolute Gasteiger partial charge is 0.416 e. The first-order valence-electron chi connectivity index (χ1n) is 9.93. The van der Waals surface area contributed by atoms with E-state index in [1.54, 1.807) is 24.3 Å². The second kappa shape index (κ2) is 9.26. The lowest BCUT2D eigenvalue weighted by molar-refractivity contribution is -0.137. The number of aliphatic carboxylic acids is 1. The lowest BCUT2D eigenvalue weighted by Crippen LogP contribution is -2.29. The van der Waals surface area contributed by atoms with Gasteiger partial charge in [0.15, 0.2) is 0 Å². The molecule has 0 aliphatic carbocycles. The van der Waals surface area contributed by atoms with Gasteiger partial charge in [-0.2, -0.15) is 13.2 Å². The van der Waals surface area contributed by atoms with Crippen LogP contribution in [0.3, 0.4) is 0 Å². The van der Waals surface area contributed by atoms with Crippen molar-refractivity contribution in [3.8, 4) is 0 Å². The van der Waals surface area contributed by atoms with Crippen LogP contribution in [0.5, 0.6) is 0 Å². The highest BCUT2D eigenvalue weighted by molar-refractivity contribution is 6.00. The normalized spacial score (nSPS) is 11.4. The number of carboxylic acids is 1. The summed E-state index contributed by atoms with van der Waals surface area (Å²) in [5, 5.41) is 10.6. The predicted octanol–water partition coefficient (Wildman–Crippen LogP) is 5.64.